The van der Waals surface area contributed by atoms with Crippen LogP contribution in [0.15, 0.2) is 24.3 Å². The second kappa shape index (κ2) is 7.65. The molecule has 3 heteroatoms. The Morgan fingerprint density at radius 2 is 2.15 bits per heavy atom. The highest BCUT2D eigenvalue weighted by Gasteiger charge is 2.21. The van der Waals surface area contributed by atoms with Crippen molar-refractivity contribution in [2.75, 3.05) is 20.2 Å². The van der Waals surface area contributed by atoms with Crippen molar-refractivity contribution >= 4 is 0 Å². The summed E-state index contributed by atoms with van der Waals surface area (Å²) in [6.45, 7) is 7.01. The van der Waals surface area contributed by atoms with Gasteiger partial charge in [-0.2, -0.15) is 0 Å². The molecule has 0 spiro atoms. The zero-order chi connectivity index (χ0) is 14.4. The van der Waals surface area contributed by atoms with Gasteiger partial charge in [-0.25, -0.2) is 0 Å². The SMILES string of the molecule is CC(C)NCc1cccc(OCCN(C)C2CCC2)c1. The minimum atomic E-state index is 0.510. The Morgan fingerprint density at radius 1 is 1.35 bits per heavy atom. The van der Waals surface area contributed by atoms with Crippen molar-refractivity contribution in [3.05, 3.63) is 29.8 Å². The van der Waals surface area contributed by atoms with Crippen LogP contribution in [-0.2, 0) is 6.54 Å². The highest BCUT2D eigenvalue weighted by atomic mass is 16.5. The zero-order valence-corrected chi connectivity index (χ0v) is 13.1. The summed E-state index contributed by atoms with van der Waals surface area (Å²) in [4.78, 5) is 2.42. The first-order chi connectivity index (χ1) is 9.65. The lowest BCUT2D eigenvalue weighted by Gasteiger charge is -2.34. The summed E-state index contributed by atoms with van der Waals surface area (Å²) < 4.78 is 5.87. The molecule has 0 aliphatic heterocycles. The van der Waals surface area contributed by atoms with Crippen molar-refractivity contribution in [3.8, 4) is 5.75 Å². The number of rotatable bonds is 8. The van der Waals surface area contributed by atoms with Gasteiger partial charge in [-0.15, -0.1) is 0 Å². The van der Waals surface area contributed by atoms with E-state index in [1.807, 2.05) is 6.07 Å². The molecule has 1 aromatic rings. The summed E-state index contributed by atoms with van der Waals surface area (Å²) in [5.41, 5.74) is 1.28. The lowest BCUT2D eigenvalue weighted by molar-refractivity contribution is 0.135. The summed E-state index contributed by atoms with van der Waals surface area (Å²) in [6, 6.07) is 9.70. The molecule has 1 aromatic carbocycles. The molecule has 0 bridgehead atoms. The van der Waals surface area contributed by atoms with Crippen LogP contribution in [-0.4, -0.2) is 37.2 Å². The molecule has 0 aromatic heterocycles. The monoisotopic (exact) mass is 276 g/mol. The maximum atomic E-state index is 5.87. The second-order valence-electron chi connectivity index (χ2n) is 6.10. The average Bonchev–Trinajstić information content (AvgIpc) is 2.35. The van der Waals surface area contributed by atoms with Crippen LogP contribution in [0.25, 0.3) is 0 Å². The fourth-order valence-corrected chi connectivity index (χ4v) is 2.38. The van der Waals surface area contributed by atoms with Gasteiger partial charge in [0.25, 0.3) is 0 Å². The Bertz CT molecular complexity index is 402. The van der Waals surface area contributed by atoms with Crippen LogP contribution in [0.4, 0.5) is 0 Å². The number of hydrogen-bond donors (Lipinski definition) is 1. The molecule has 112 valence electrons. The fraction of sp³-hybridized carbons (Fsp3) is 0.647. The van der Waals surface area contributed by atoms with E-state index in [1.54, 1.807) is 0 Å². The van der Waals surface area contributed by atoms with Crippen molar-refractivity contribution in [3.63, 3.8) is 0 Å². The van der Waals surface area contributed by atoms with Gasteiger partial charge in [-0.3, -0.25) is 0 Å². The molecule has 0 atom stereocenters. The number of ether oxygens (including phenoxy) is 1. The van der Waals surface area contributed by atoms with E-state index in [9.17, 15) is 0 Å². The van der Waals surface area contributed by atoms with Crippen LogP contribution in [0.2, 0.25) is 0 Å². The van der Waals surface area contributed by atoms with Gasteiger partial charge >= 0.3 is 0 Å². The van der Waals surface area contributed by atoms with Crippen LogP contribution >= 0.6 is 0 Å². The van der Waals surface area contributed by atoms with Gasteiger partial charge in [-0.05, 0) is 37.6 Å². The average molecular weight is 276 g/mol. The summed E-state index contributed by atoms with van der Waals surface area (Å²) in [5, 5.41) is 3.43. The van der Waals surface area contributed by atoms with Gasteiger partial charge in [0.05, 0.1) is 0 Å². The normalized spacial score (nSPS) is 15.7. The molecule has 1 N–H and O–H groups in total. The van der Waals surface area contributed by atoms with Crippen molar-refractivity contribution in [2.24, 2.45) is 0 Å². The predicted molar refractivity (Wildman–Crippen MR) is 84.2 cm³/mol. The molecule has 0 radical (unpaired) electrons. The smallest absolute Gasteiger partial charge is 0.119 e. The highest BCUT2D eigenvalue weighted by Crippen LogP contribution is 2.23. The van der Waals surface area contributed by atoms with Gasteiger partial charge in [-0.1, -0.05) is 32.4 Å². The number of hydrogen-bond acceptors (Lipinski definition) is 3. The number of benzene rings is 1. The van der Waals surface area contributed by atoms with Crippen LogP contribution in [0, 0.1) is 0 Å². The molecule has 1 saturated carbocycles. The fourth-order valence-electron chi connectivity index (χ4n) is 2.38. The molecular weight excluding hydrogens is 248 g/mol. The maximum Gasteiger partial charge on any atom is 0.119 e. The third-order valence-corrected chi connectivity index (χ3v) is 4.02. The van der Waals surface area contributed by atoms with Gasteiger partial charge in [0.1, 0.15) is 12.4 Å². The van der Waals surface area contributed by atoms with E-state index < -0.39 is 0 Å². The third-order valence-electron chi connectivity index (χ3n) is 4.02. The zero-order valence-electron chi connectivity index (χ0n) is 13.1. The lowest BCUT2D eigenvalue weighted by Crippen LogP contribution is -2.39. The molecule has 1 fully saturated rings. The van der Waals surface area contributed by atoms with Gasteiger partial charge in [0.2, 0.25) is 0 Å². The first kappa shape index (κ1) is 15.3. The van der Waals surface area contributed by atoms with Gasteiger partial charge < -0.3 is 15.0 Å². The topological polar surface area (TPSA) is 24.5 Å². The lowest BCUT2D eigenvalue weighted by atomic mass is 9.92. The maximum absolute atomic E-state index is 5.87. The van der Waals surface area contributed by atoms with E-state index in [4.69, 9.17) is 4.74 Å². The molecule has 1 aliphatic rings. The highest BCUT2D eigenvalue weighted by molar-refractivity contribution is 5.28. The summed E-state index contributed by atoms with van der Waals surface area (Å²) in [7, 11) is 2.20. The van der Waals surface area contributed by atoms with Gasteiger partial charge in [0, 0.05) is 25.2 Å². The standard InChI is InChI=1S/C17H28N2O/c1-14(2)18-13-15-6-4-9-17(12-15)20-11-10-19(3)16-7-5-8-16/h4,6,9,12,14,16,18H,5,7-8,10-11,13H2,1-3H3. The summed E-state index contributed by atoms with van der Waals surface area (Å²) in [5.74, 6) is 0.982. The van der Waals surface area contributed by atoms with Crippen LogP contribution in [0.5, 0.6) is 5.75 Å². The first-order valence-corrected chi connectivity index (χ1v) is 7.80. The van der Waals surface area contributed by atoms with Gasteiger partial charge in [0.15, 0.2) is 0 Å². The van der Waals surface area contributed by atoms with Crippen molar-refractivity contribution < 1.29 is 4.74 Å². The molecule has 0 unspecified atom stereocenters. The van der Waals surface area contributed by atoms with Crippen LogP contribution in [0.1, 0.15) is 38.7 Å². The van der Waals surface area contributed by atoms with E-state index in [-0.39, 0.29) is 0 Å². The minimum Gasteiger partial charge on any atom is -0.492 e. The molecular formula is C17H28N2O. The molecule has 20 heavy (non-hydrogen) atoms. The molecule has 0 heterocycles. The number of nitrogens with zero attached hydrogens (tertiary/aromatic N) is 1. The Morgan fingerprint density at radius 3 is 2.80 bits per heavy atom. The number of nitrogens with one attached hydrogen (secondary N) is 1. The molecule has 3 nitrogen and oxygen atoms in total. The van der Waals surface area contributed by atoms with E-state index in [0.29, 0.717) is 6.04 Å². The van der Waals surface area contributed by atoms with Crippen molar-refractivity contribution in [1.82, 2.24) is 10.2 Å². The quantitative estimate of drug-likeness (QED) is 0.790. The summed E-state index contributed by atoms with van der Waals surface area (Å²) >= 11 is 0. The van der Waals surface area contributed by atoms with Crippen molar-refractivity contribution in [2.45, 2.75) is 51.7 Å². The van der Waals surface area contributed by atoms with E-state index >= 15 is 0 Å². The Labute approximate surface area is 123 Å². The first-order valence-electron chi connectivity index (χ1n) is 7.80. The Hall–Kier alpha value is -1.06. The van der Waals surface area contributed by atoms with Crippen LogP contribution < -0.4 is 10.1 Å². The summed E-state index contributed by atoms with van der Waals surface area (Å²) in [6.07, 6.45) is 4.10. The molecule has 1 aliphatic carbocycles. The largest absolute Gasteiger partial charge is 0.492 e. The van der Waals surface area contributed by atoms with E-state index in [0.717, 1.165) is 31.5 Å². The molecule has 0 amide bonds. The third kappa shape index (κ3) is 4.80. The van der Waals surface area contributed by atoms with Crippen molar-refractivity contribution in [1.29, 1.82) is 0 Å². The van der Waals surface area contributed by atoms with E-state index in [1.165, 1.54) is 24.8 Å². The molecule has 0 saturated heterocycles. The van der Waals surface area contributed by atoms with E-state index in [2.05, 4.69) is 49.3 Å². The predicted octanol–water partition coefficient (Wildman–Crippen LogP) is 3.05. The minimum absolute atomic E-state index is 0.510. The second-order valence-corrected chi connectivity index (χ2v) is 6.10. The Balaban J connectivity index is 1.73. The van der Waals surface area contributed by atoms with Crippen LogP contribution in [0.3, 0.4) is 0 Å². The number of likely N-dealkylation sites (N-methyl/N-ethyl adjacent to an activating group) is 1. The Kier molecular flexibility index (Phi) is 5.86. The molecule has 2 rings (SSSR count).